The first-order chi connectivity index (χ1) is 16.6. The van der Waals surface area contributed by atoms with Gasteiger partial charge in [0.25, 0.3) is 11.5 Å². The number of halogens is 1. The SMILES string of the molecule is O=C(Nc1ccc(Br)cc1)c1c(-c2ccccc2)c2ccccc2n(Cc2ccccc2)c1=O. The number of rotatable bonds is 5. The smallest absolute Gasteiger partial charge is 0.264 e. The zero-order valence-electron chi connectivity index (χ0n) is 18.2. The van der Waals surface area contributed by atoms with E-state index in [9.17, 15) is 9.59 Å². The van der Waals surface area contributed by atoms with Crippen molar-refractivity contribution >= 4 is 38.4 Å². The van der Waals surface area contributed by atoms with Crippen LogP contribution in [0.2, 0.25) is 0 Å². The third-order valence-corrected chi connectivity index (χ3v) is 6.28. The highest BCUT2D eigenvalue weighted by Gasteiger charge is 2.23. The highest BCUT2D eigenvalue weighted by Crippen LogP contribution is 2.31. The molecular formula is C29H21BrN2O2. The van der Waals surface area contributed by atoms with E-state index >= 15 is 0 Å². The lowest BCUT2D eigenvalue weighted by molar-refractivity contribution is 0.102. The van der Waals surface area contributed by atoms with Crippen LogP contribution in [0.25, 0.3) is 22.0 Å². The summed E-state index contributed by atoms with van der Waals surface area (Å²) >= 11 is 3.41. The van der Waals surface area contributed by atoms with Crippen molar-refractivity contribution in [1.82, 2.24) is 4.57 Å². The highest BCUT2D eigenvalue weighted by atomic mass is 79.9. The van der Waals surface area contributed by atoms with Crippen LogP contribution >= 0.6 is 15.9 Å². The molecule has 1 aromatic heterocycles. The van der Waals surface area contributed by atoms with Crippen molar-refractivity contribution in [2.45, 2.75) is 6.54 Å². The molecule has 34 heavy (non-hydrogen) atoms. The molecule has 1 heterocycles. The Kier molecular flexibility index (Phi) is 6.11. The fourth-order valence-corrected chi connectivity index (χ4v) is 4.44. The molecule has 5 rings (SSSR count). The Hall–Kier alpha value is -3.96. The molecule has 166 valence electrons. The lowest BCUT2D eigenvalue weighted by Gasteiger charge is -2.18. The van der Waals surface area contributed by atoms with Gasteiger partial charge < -0.3 is 9.88 Å². The fraction of sp³-hybridized carbons (Fsp3) is 0.0345. The van der Waals surface area contributed by atoms with E-state index in [0.717, 1.165) is 26.5 Å². The molecular weight excluding hydrogens is 488 g/mol. The molecule has 0 fully saturated rings. The van der Waals surface area contributed by atoms with Gasteiger partial charge in [0.15, 0.2) is 0 Å². The summed E-state index contributed by atoms with van der Waals surface area (Å²) in [5, 5.41) is 3.77. The van der Waals surface area contributed by atoms with Gasteiger partial charge in [-0.15, -0.1) is 0 Å². The molecule has 1 N–H and O–H groups in total. The van der Waals surface area contributed by atoms with Gasteiger partial charge in [-0.1, -0.05) is 94.8 Å². The van der Waals surface area contributed by atoms with Gasteiger partial charge in [0.1, 0.15) is 5.56 Å². The minimum atomic E-state index is -0.432. The van der Waals surface area contributed by atoms with E-state index < -0.39 is 5.91 Å². The lowest BCUT2D eigenvalue weighted by Crippen LogP contribution is -2.31. The molecule has 1 amide bonds. The molecule has 0 aliphatic carbocycles. The van der Waals surface area contributed by atoms with Crippen LogP contribution in [-0.4, -0.2) is 10.5 Å². The standard InChI is InChI=1S/C29H21BrN2O2/c30-22-15-17-23(18-16-22)31-28(33)27-26(21-11-5-2-6-12-21)24-13-7-8-14-25(24)32(29(27)34)19-20-9-3-1-4-10-20/h1-18H,19H2,(H,31,33). The molecule has 5 aromatic rings. The molecule has 0 bridgehead atoms. The first kappa shape index (κ1) is 21.9. The number of nitrogens with zero attached hydrogens (tertiary/aromatic N) is 1. The Morgan fingerprint density at radius 2 is 1.38 bits per heavy atom. The zero-order valence-corrected chi connectivity index (χ0v) is 19.8. The maximum absolute atomic E-state index is 14.0. The predicted molar refractivity (Wildman–Crippen MR) is 141 cm³/mol. The largest absolute Gasteiger partial charge is 0.322 e. The molecule has 0 saturated carbocycles. The van der Waals surface area contributed by atoms with E-state index in [-0.39, 0.29) is 11.1 Å². The summed E-state index contributed by atoms with van der Waals surface area (Å²) in [5.74, 6) is -0.432. The Bertz CT molecular complexity index is 1530. The summed E-state index contributed by atoms with van der Waals surface area (Å²) < 4.78 is 2.60. The van der Waals surface area contributed by atoms with Gasteiger partial charge in [-0.2, -0.15) is 0 Å². The molecule has 4 aromatic carbocycles. The van der Waals surface area contributed by atoms with Gasteiger partial charge in [0.05, 0.1) is 12.1 Å². The topological polar surface area (TPSA) is 51.1 Å². The van der Waals surface area contributed by atoms with E-state index in [0.29, 0.717) is 17.8 Å². The van der Waals surface area contributed by atoms with Crippen LogP contribution in [0.5, 0.6) is 0 Å². The number of amides is 1. The van der Waals surface area contributed by atoms with Crippen LogP contribution in [0.3, 0.4) is 0 Å². The first-order valence-corrected chi connectivity index (χ1v) is 11.7. The number of carbonyl (C=O) groups excluding carboxylic acids is 1. The Balaban J connectivity index is 1.76. The molecule has 0 unspecified atom stereocenters. The second kappa shape index (κ2) is 9.49. The van der Waals surface area contributed by atoms with Gasteiger partial charge in [-0.25, -0.2) is 0 Å². The van der Waals surface area contributed by atoms with E-state index in [1.165, 1.54) is 0 Å². The minimum absolute atomic E-state index is 0.128. The molecule has 0 radical (unpaired) electrons. The van der Waals surface area contributed by atoms with Gasteiger partial charge in [0, 0.05) is 21.1 Å². The maximum Gasteiger partial charge on any atom is 0.264 e. The number of benzene rings is 4. The van der Waals surface area contributed by atoms with Crippen molar-refractivity contribution in [1.29, 1.82) is 0 Å². The van der Waals surface area contributed by atoms with Crippen LogP contribution in [0.15, 0.2) is 118 Å². The molecule has 4 nitrogen and oxygen atoms in total. The van der Waals surface area contributed by atoms with Crippen LogP contribution in [0.1, 0.15) is 15.9 Å². The number of para-hydroxylation sites is 1. The molecule has 0 aliphatic heterocycles. The number of hydrogen-bond donors (Lipinski definition) is 1. The van der Waals surface area contributed by atoms with Crippen molar-refractivity contribution < 1.29 is 4.79 Å². The van der Waals surface area contributed by atoms with Gasteiger partial charge in [0.2, 0.25) is 0 Å². The van der Waals surface area contributed by atoms with Gasteiger partial charge >= 0.3 is 0 Å². The molecule has 0 spiro atoms. The van der Waals surface area contributed by atoms with E-state index in [4.69, 9.17) is 0 Å². The normalized spacial score (nSPS) is 10.9. The number of fused-ring (bicyclic) bond motifs is 1. The van der Waals surface area contributed by atoms with Crippen LogP contribution in [0.4, 0.5) is 5.69 Å². The summed E-state index contributed by atoms with van der Waals surface area (Å²) in [5.41, 5.74) is 3.66. The summed E-state index contributed by atoms with van der Waals surface area (Å²) in [7, 11) is 0. The number of aromatic nitrogens is 1. The number of nitrogens with one attached hydrogen (secondary N) is 1. The van der Waals surface area contributed by atoms with E-state index in [2.05, 4.69) is 21.2 Å². The molecule has 0 atom stereocenters. The molecule has 0 aliphatic rings. The number of hydrogen-bond acceptors (Lipinski definition) is 2. The van der Waals surface area contributed by atoms with Crippen molar-refractivity contribution in [2.75, 3.05) is 5.32 Å². The van der Waals surface area contributed by atoms with Crippen molar-refractivity contribution in [3.05, 3.63) is 135 Å². The molecule has 5 heteroatoms. The second-order valence-electron chi connectivity index (χ2n) is 7.97. The van der Waals surface area contributed by atoms with E-state index in [1.54, 1.807) is 16.7 Å². The average Bonchev–Trinajstić information content (AvgIpc) is 2.88. The number of carbonyl (C=O) groups is 1. The summed E-state index contributed by atoms with van der Waals surface area (Å²) in [4.78, 5) is 27.6. The summed E-state index contributed by atoms with van der Waals surface area (Å²) in [6.45, 7) is 0.369. The lowest BCUT2D eigenvalue weighted by atomic mass is 9.95. The van der Waals surface area contributed by atoms with Crippen molar-refractivity contribution in [3.63, 3.8) is 0 Å². The van der Waals surface area contributed by atoms with Crippen molar-refractivity contribution in [3.8, 4) is 11.1 Å². The zero-order chi connectivity index (χ0) is 23.5. The van der Waals surface area contributed by atoms with Crippen molar-refractivity contribution in [2.24, 2.45) is 0 Å². The highest BCUT2D eigenvalue weighted by molar-refractivity contribution is 9.10. The van der Waals surface area contributed by atoms with Crippen LogP contribution in [-0.2, 0) is 6.54 Å². The van der Waals surface area contributed by atoms with Gasteiger partial charge in [-0.3, -0.25) is 9.59 Å². The number of pyridine rings is 1. The predicted octanol–water partition coefficient (Wildman–Crippen LogP) is 6.73. The van der Waals surface area contributed by atoms with Crippen LogP contribution in [0, 0.1) is 0 Å². The first-order valence-electron chi connectivity index (χ1n) is 10.9. The second-order valence-corrected chi connectivity index (χ2v) is 8.89. The summed E-state index contributed by atoms with van der Waals surface area (Å²) in [6.07, 6.45) is 0. The quantitative estimate of drug-likeness (QED) is 0.286. The maximum atomic E-state index is 14.0. The minimum Gasteiger partial charge on any atom is -0.322 e. The monoisotopic (exact) mass is 508 g/mol. The average molecular weight is 509 g/mol. The summed E-state index contributed by atoms with van der Waals surface area (Å²) in [6, 6.07) is 34.4. The molecule has 0 saturated heterocycles. The third kappa shape index (κ3) is 4.30. The third-order valence-electron chi connectivity index (χ3n) is 5.75. The van der Waals surface area contributed by atoms with Gasteiger partial charge in [-0.05, 0) is 41.5 Å². The fourth-order valence-electron chi connectivity index (χ4n) is 4.17. The Labute approximate surface area is 205 Å². The Morgan fingerprint density at radius 3 is 2.09 bits per heavy atom. The van der Waals surface area contributed by atoms with Crippen LogP contribution < -0.4 is 10.9 Å². The number of anilines is 1. The Morgan fingerprint density at radius 1 is 0.765 bits per heavy atom. The van der Waals surface area contributed by atoms with E-state index in [1.807, 2.05) is 97.1 Å².